The lowest BCUT2D eigenvalue weighted by Gasteiger charge is -2.12. The van der Waals surface area contributed by atoms with E-state index in [1.54, 1.807) is 12.2 Å². The van der Waals surface area contributed by atoms with Crippen LogP contribution >= 0.6 is 0 Å². The Balaban J connectivity index is 2.93. The van der Waals surface area contributed by atoms with Crippen molar-refractivity contribution in [3.63, 3.8) is 0 Å². The third-order valence-electron chi connectivity index (χ3n) is 2.09. The lowest BCUT2D eigenvalue weighted by Crippen LogP contribution is -2.06. The largest absolute Gasteiger partial charge is 0.478 e. The van der Waals surface area contributed by atoms with Gasteiger partial charge >= 0.3 is 5.97 Å². The van der Waals surface area contributed by atoms with Crippen LogP contribution in [0.3, 0.4) is 0 Å². The van der Waals surface area contributed by atoms with Crippen molar-refractivity contribution in [1.82, 2.24) is 0 Å². The van der Waals surface area contributed by atoms with E-state index in [2.05, 4.69) is 0 Å². The Morgan fingerprint density at radius 1 is 1.18 bits per heavy atom. The second-order valence-corrected chi connectivity index (χ2v) is 5.01. The minimum Gasteiger partial charge on any atom is -0.478 e. The van der Waals surface area contributed by atoms with Crippen LogP contribution in [0.2, 0.25) is 0 Å². The van der Waals surface area contributed by atoms with Gasteiger partial charge in [0.05, 0.1) is 5.57 Å². The van der Waals surface area contributed by atoms with Crippen LogP contribution in [0.15, 0.2) is 48.1 Å². The Morgan fingerprint density at radius 2 is 1.76 bits per heavy atom. The summed E-state index contributed by atoms with van der Waals surface area (Å²) >= 11 is 0. The highest BCUT2D eigenvalue weighted by Gasteiger charge is 2.11. The van der Waals surface area contributed by atoms with E-state index in [0.29, 0.717) is 5.57 Å². The molecule has 0 fully saturated rings. The molecule has 0 atom stereocenters. The van der Waals surface area contributed by atoms with E-state index >= 15 is 0 Å². The number of carboxylic acids is 1. The van der Waals surface area contributed by atoms with E-state index in [9.17, 15) is 4.79 Å². The van der Waals surface area contributed by atoms with Gasteiger partial charge in [0.25, 0.3) is 0 Å². The van der Waals surface area contributed by atoms with Crippen molar-refractivity contribution in [2.24, 2.45) is 5.41 Å². The van der Waals surface area contributed by atoms with Gasteiger partial charge in [0, 0.05) is 0 Å². The summed E-state index contributed by atoms with van der Waals surface area (Å²) in [6, 6.07) is 9.65. The first-order valence-electron chi connectivity index (χ1n) is 5.58. The second kappa shape index (κ2) is 5.48. The molecule has 0 saturated heterocycles. The Morgan fingerprint density at radius 3 is 2.24 bits per heavy atom. The summed E-state index contributed by atoms with van der Waals surface area (Å²) < 4.78 is 0. The maximum absolute atomic E-state index is 11.1. The topological polar surface area (TPSA) is 37.3 Å². The van der Waals surface area contributed by atoms with Crippen molar-refractivity contribution in [1.29, 1.82) is 0 Å². The number of rotatable bonds is 3. The SMILES string of the molecule is CC(C)(C)C=C(C=Cc1ccccc1)C(=O)O. The number of hydrogen-bond acceptors (Lipinski definition) is 1. The van der Waals surface area contributed by atoms with Gasteiger partial charge in [0.15, 0.2) is 0 Å². The standard InChI is InChI=1S/C15H18O2/c1-15(2,3)11-13(14(16)17)10-9-12-7-5-4-6-8-12/h4-11H,1-3H3,(H,16,17). The maximum Gasteiger partial charge on any atom is 0.335 e. The van der Waals surface area contributed by atoms with Gasteiger partial charge in [-0.25, -0.2) is 4.79 Å². The molecule has 0 unspecified atom stereocenters. The number of hydrogen-bond donors (Lipinski definition) is 1. The lowest BCUT2D eigenvalue weighted by molar-refractivity contribution is -0.132. The van der Waals surface area contributed by atoms with Crippen LogP contribution in [-0.2, 0) is 4.79 Å². The summed E-state index contributed by atoms with van der Waals surface area (Å²) in [6.45, 7) is 5.94. The molecule has 1 aromatic carbocycles. The average Bonchev–Trinajstić information content (AvgIpc) is 2.24. The average molecular weight is 230 g/mol. The molecule has 1 N–H and O–H groups in total. The zero-order valence-electron chi connectivity index (χ0n) is 10.5. The minimum absolute atomic E-state index is 0.144. The van der Waals surface area contributed by atoms with Crippen LogP contribution in [0.1, 0.15) is 26.3 Å². The highest BCUT2D eigenvalue weighted by molar-refractivity contribution is 5.91. The molecule has 90 valence electrons. The van der Waals surface area contributed by atoms with Crippen molar-refractivity contribution in [3.8, 4) is 0 Å². The van der Waals surface area contributed by atoms with E-state index in [0.717, 1.165) is 5.56 Å². The maximum atomic E-state index is 11.1. The molecule has 0 aliphatic carbocycles. The van der Waals surface area contributed by atoms with Crippen LogP contribution < -0.4 is 0 Å². The van der Waals surface area contributed by atoms with Crippen LogP contribution in [0.25, 0.3) is 6.08 Å². The first-order chi connectivity index (χ1) is 7.88. The van der Waals surface area contributed by atoms with E-state index in [1.807, 2.05) is 57.2 Å². The first-order valence-corrected chi connectivity index (χ1v) is 5.58. The van der Waals surface area contributed by atoms with Crippen molar-refractivity contribution in [2.45, 2.75) is 20.8 Å². The molecule has 17 heavy (non-hydrogen) atoms. The molecule has 0 spiro atoms. The molecule has 0 amide bonds. The van der Waals surface area contributed by atoms with Gasteiger partial charge in [0.1, 0.15) is 0 Å². The minimum atomic E-state index is -0.896. The van der Waals surface area contributed by atoms with Crippen molar-refractivity contribution in [2.75, 3.05) is 0 Å². The molecule has 2 heteroatoms. The molecular formula is C15H18O2. The molecule has 0 aliphatic heterocycles. The molecule has 1 aromatic rings. The van der Waals surface area contributed by atoms with E-state index < -0.39 is 5.97 Å². The van der Waals surface area contributed by atoms with Gasteiger partial charge < -0.3 is 5.11 Å². The smallest absolute Gasteiger partial charge is 0.335 e. The zero-order chi connectivity index (χ0) is 12.9. The van der Waals surface area contributed by atoms with Gasteiger partial charge in [0.2, 0.25) is 0 Å². The Kier molecular flexibility index (Phi) is 4.27. The van der Waals surface area contributed by atoms with Gasteiger partial charge in [-0.05, 0) is 17.1 Å². The molecule has 1 rings (SSSR count). The van der Waals surface area contributed by atoms with Crippen molar-refractivity contribution < 1.29 is 9.90 Å². The summed E-state index contributed by atoms with van der Waals surface area (Å²) in [7, 11) is 0. The first kappa shape index (κ1) is 13.2. The summed E-state index contributed by atoms with van der Waals surface area (Å²) in [5, 5.41) is 9.10. The number of allylic oxidation sites excluding steroid dienone is 1. The molecule has 0 radical (unpaired) electrons. The molecule has 0 heterocycles. The highest BCUT2D eigenvalue weighted by atomic mass is 16.4. The lowest BCUT2D eigenvalue weighted by atomic mass is 9.93. The Labute approximate surface area is 102 Å². The van der Waals surface area contributed by atoms with E-state index in [4.69, 9.17) is 5.11 Å². The number of carboxylic acid groups (broad SMARTS) is 1. The molecule has 0 saturated carbocycles. The number of benzene rings is 1. The molecule has 0 bridgehead atoms. The van der Waals surface area contributed by atoms with Gasteiger partial charge in [-0.2, -0.15) is 0 Å². The van der Waals surface area contributed by atoms with Gasteiger partial charge in [-0.3, -0.25) is 0 Å². The summed E-state index contributed by atoms with van der Waals surface area (Å²) in [5.74, 6) is -0.896. The monoisotopic (exact) mass is 230 g/mol. The number of carbonyl (C=O) groups is 1. The highest BCUT2D eigenvalue weighted by Crippen LogP contribution is 2.19. The third-order valence-corrected chi connectivity index (χ3v) is 2.09. The van der Waals surface area contributed by atoms with Crippen LogP contribution in [-0.4, -0.2) is 11.1 Å². The Hall–Kier alpha value is -1.83. The van der Waals surface area contributed by atoms with Gasteiger partial charge in [-0.1, -0.05) is 63.3 Å². The van der Waals surface area contributed by atoms with Crippen molar-refractivity contribution in [3.05, 3.63) is 53.6 Å². The number of aliphatic carboxylic acids is 1. The fraction of sp³-hybridized carbons (Fsp3) is 0.267. The molecular weight excluding hydrogens is 212 g/mol. The second-order valence-electron chi connectivity index (χ2n) is 5.01. The molecule has 0 aliphatic rings. The predicted molar refractivity (Wildman–Crippen MR) is 70.6 cm³/mol. The fourth-order valence-corrected chi connectivity index (χ4v) is 1.40. The molecule has 0 aromatic heterocycles. The normalized spacial score (nSPS) is 13.0. The summed E-state index contributed by atoms with van der Waals surface area (Å²) in [5.41, 5.74) is 1.17. The summed E-state index contributed by atoms with van der Waals surface area (Å²) in [6.07, 6.45) is 5.21. The van der Waals surface area contributed by atoms with Crippen LogP contribution in [0.4, 0.5) is 0 Å². The van der Waals surface area contributed by atoms with Gasteiger partial charge in [-0.15, -0.1) is 0 Å². The quantitative estimate of drug-likeness (QED) is 0.634. The molecule has 2 nitrogen and oxygen atoms in total. The summed E-state index contributed by atoms with van der Waals surface area (Å²) in [4.78, 5) is 11.1. The van der Waals surface area contributed by atoms with Crippen LogP contribution in [0, 0.1) is 5.41 Å². The Bertz CT molecular complexity index is 434. The zero-order valence-corrected chi connectivity index (χ0v) is 10.5. The third kappa shape index (κ3) is 5.16. The van der Waals surface area contributed by atoms with E-state index in [-0.39, 0.29) is 5.41 Å². The fourth-order valence-electron chi connectivity index (χ4n) is 1.40. The van der Waals surface area contributed by atoms with Crippen molar-refractivity contribution >= 4 is 12.0 Å². The predicted octanol–water partition coefficient (Wildman–Crippen LogP) is 3.76. The van der Waals surface area contributed by atoms with Crippen LogP contribution in [0.5, 0.6) is 0 Å². The van der Waals surface area contributed by atoms with E-state index in [1.165, 1.54) is 0 Å².